The summed E-state index contributed by atoms with van der Waals surface area (Å²) >= 11 is 1.52. The lowest BCUT2D eigenvalue weighted by Gasteiger charge is -2.20. The van der Waals surface area contributed by atoms with Gasteiger partial charge in [0, 0.05) is 17.7 Å². The Morgan fingerprint density at radius 1 is 0.923 bits per heavy atom. The van der Waals surface area contributed by atoms with Crippen molar-refractivity contribution in [3.8, 4) is 0 Å². The Morgan fingerprint density at radius 2 is 1.62 bits per heavy atom. The Bertz CT molecular complexity index is 692. The van der Waals surface area contributed by atoms with Crippen LogP contribution in [0.1, 0.15) is 79.1 Å². The molecule has 3 rings (SSSR count). The molecule has 0 atom stereocenters. The molecule has 0 spiro atoms. The van der Waals surface area contributed by atoms with E-state index in [1.807, 2.05) is 0 Å². The summed E-state index contributed by atoms with van der Waals surface area (Å²) in [6.45, 7) is 1.35. The van der Waals surface area contributed by atoms with E-state index in [1.165, 1.54) is 29.6 Å². The van der Waals surface area contributed by atoms with Crippen LogP contribution < -0.4 is 16.2 Å². The van der Waals surface area contributed by atoms with E-state index in [2.05, 4.69) is 16.2 Å². The second-order valence-corrected chi connectivity index (χ2v) is 8.33. The highest BCUT2D eigenvalue weighted by Crippen LogP contribution is 2.38. The van der Waals surface area contributed by atoms with E-state index in [9.17, 15) is 14.4 Å². The van der Waals surface area contributed by atoms with Crippen molar-refractivity contribution in [3.05, 3.63) is 16.0 Å². The normalized spacial score (nSPS) is 17.7. The summed E-state index contributed by atoms with van der Waals surface area (Å²) in [5.74, 6) is -0.613. The van der Waals surface area contributed by atoms with Gasteiger partial charge >= 0.3 is 0 Å². The van der Waals surface area contributed by atoms with Gasteiger partial charge in [-0.2, -0.15) is 0 Å². The Labute approximate surface area is 158 Å². The first-order valence-corrected chi connectivity index (χ1v) is 10.4. The molecule has 0 saturated heterocycles. The summed E-state index contributed by atoms with van der Waals surface area (Å²) in [4.78, 5) is 37.7. The number of amides is 3. The van der Waals surface area contributed by atoms with E-state index in [0.29, 0.717) is 10.6 Å². The lowest BCUT2D eigenvalue weighted by atomic mass is 9.88. The SMILES string of the molecule is CC(=O)NNC(=O)c1c(NC(=O)C2CCCCC2)sc2c1CCCCC2. The third-order valence-electron chi connectivity index (χ3n) is 5.21. The maximum Gasteiger partial charge on any atom is 0.272 e. The van der Waals surface area contributed by atoms with Gasteiger partial charge in [0.25, 0.3) is 5.91 Å². The van der Waals surface area contributed by atoms with Crippen LogP contribution in [0.5, 0.6) is 0 Å². The highest BCUT2D eigenvalue weighted by Gasteiger charge is 2.28. The van der Waals surface area contributed by atoms with Gasteiger partial charge in [-0.1, -0.05) is 25.7 Å². The molecule has 2 aliphatic carbocycles. The van der Waals surface area contributed by atoms with Gasteiger partial charge < -0.3 is 5.32 Å². The predicted octanol–water partition coefficient (Wildman–Crippen LogP) is 3.32. The minimum absolute atomic E-state index is 0.0229. The van der Waals surface area contributed by atoms with Crippen LogP contribution in [0.4, 0.5) is 5.00 Å². The third kappa shape index (κ3) is 4.44. The fourth-order valence-corrected chi connectivity index (χ4v) is 5.15. The molecular weight excluding hydrogens is 350 g/mol. The van der Waals surface area contributed by atoms with E-state index < -0.39 is 0 Å². The molecule has 6 nitrogen and oxygen atoms in total. The summed E-state index contributed by atoms with van der Waals surface area (Å²) in [7, 11) is 0. The average Bonchev–Trinajstić information content (AvgIpc) is 2.81. The molecule has 7 heteroatoms. The van der Waals surface area contributed by atoms with Crippen molar-refractivity contribution in [1.29, 1.82) is 0 Å². The molecule has 0 aliphatic heterocycles. The molecule has 0 radical (unpaired) electrons. The van der Waals surface area contributed by atoms with Crippen LogP contribution in [-0.2, 0) is 22.4 Å². The van der Waals surface area contributed by atoms with Crippen molar-refractivity contribution in [2.45, 2.75) is 71.1 Å². The minimum atomic E-state index is -0.349. The summed E-state index contributed by atoms with van der Waals surface area (Å²) < 4.78 is 0. The molecule has 26 heavy (non-hydrogen) atoms. The Morgan fingerprint density at radius 3 is 2.35 bits per heavy atom. The van der Waals surface area contributed by atoms with Gasteiger partial charge in [0.15, 0.2) is 0 Å². The molecule has 1 fully saturated rings. The van der Waals surface area contributed by atoms with Crippen molar-refractivity contribution >= 4 is 34.1 Å². The van der Waals surface area contributed by atoms with Gasteiger partial charge in [-0.25, -0.2) is 0 Å². The maximum absolute atomic E-state index is 12.7. The largest absolute Gasteiger partial charge is 0.317 e. The molecule has 1 aromatic heterocycles. The topological polar surface area (TPSA) is 87.3 Å². The number of hydrogen-bond acceptors (Lipinski definition) is 4. The lowest BCUT2D eigenvalue weighted by Crippen LogP contribution is -2.40. The Balaban J connectivity index is 1.84. The predicted molar refractivity (Wildman–Crippen MR) is 102 cm³/mol. The van der Waals surface area contributed by atoms with Gasteiger partial charge in [-0.3, -0.25) is 25.2 Å². The van der Waals surface area contributed by atoms with Crippen molar-refractivity contribution in [3.63, 3.8) is 0 Å². The molecule has 3 amide bonds. The number of carbonyl (C=O) groups is 3. The number of carbonyl (C=O) groups excluding carboxylic acids is 3. The third-order valence-corrected chi connectivity index (χ3v) is 6.42. The average molecular weight is 378 g/mol. The van der Waals surface area contributed by atoms with Crippen LogP contribution >= 0.6 is 11.3 Å². The van der Waals surface area contributed by atoms with Crippen LogP contribution in [0.3, 0.4) is 0 Å². The van der Waals surface area contributed by atoms with Gasteiger partial charge in [0.1, 0.15) is 5.00 Å². The molecular formula is C19H27N3O3S. The molecule has 0 aromatic carbocycles. The summed E-state index contributed by atoms with van der Waals surface area (Å²) in [6, 6.07) is 0. The zero-order valence-corrected chi connectivity index (χ0v) is 16.1. The molecule has 3 N–H and O–H groups in total. The number of nitrogens with one attached hydrogen (secondary N) is 3. The summed E-state index contributed by atoms with van der Waals surface area (Å²) in [5, 5.41) is 3.67. The highest BCUT2D eigenvalue weighted by molar-refractivity contribution is 7.17. The van der Waals surface area contributed by atoms with E-state index >= 15 is 0 Å². The molecule has 0 bridgehead atoms. The fraction of sp³-hybridized carbons (Fsp3) is 0.632. The van der Waals surface area contributed by atoms with E-state index in [-0.39, 0.29) is 23.6 Å². The van der Waals surface area contributed by atoms with E-state index in [1.54, 1.807) is 0 Å². The molecule has 1 aromatic rings. The number of hydrazine groups is 1. The van der Waals surface area contributed by atoms with Crippen LogP contribution in [0.25, 0.3) is 0 Å². The van der Waals surface area contributed by atoms with Crippen LogP contribution in [0.2, 0.25) is 0 Å². The summed E-state index contributed by atoms with van der Waals surface area (Å²) in [6.07, 6.45) is 10.3. The van der Waals surface area contributed by atoms with Crippen molar-refractivity contribution in [2.75, 3.05) is 5.32 Å². The Kier molecular flexibility index (Phi) is 6.29. The van der Waals surface area contributed by atoms with Gasteiger partial charge in [-0.05, 0) is 44.1 Å². The molecule has 0 unspecified atom stereocenters. The quantitative estimate of drug-likeness (QED) is 0.558. The number of hydrogen-bond donors (Lipinski definition) is 3. The smallest absolute Gasteiger partial charge is 0.272 e. The van der Waals surface area contributed by atoms with Gasteiger partial charge in [0.05, 0.1) is 5.56 Å². The first-order chi connectivity index (χ1) is 12.6. The second-order valence-electron chi connectivity index (χ2n) is 7.23. The van der Waals surface area contributed by atoms with Gasteiger partial charge in [-0.15, -0.1) is 11.3 Å². The van der Waals surface area contributed by atoms with Crippen LogP contribution in [0, 0.1) is 5.92 Å². The van der Waals surface area contributed by atoms with Crippen molar-refractivity contribution in [1.82, 2.24) is 10.9 Å². The maximum atomic E-state index is 12.7. The number of fused-ring (bicyclic) bond motifs is 1. The molecule has 142 valence electrons. The van der Waals surface area contributed by atoms with Crippen LogP contribution in [0.15, 0.2) is 0 Å². The zero-order chi connectivity index (χ0) is 18.5. The molecule has 2 aliphatic rings. The summed E-state index contributed by atoms with van der Waals surface area (Å²) in [5.41, 5.74) is 6.39. The number of rotatable bonds is 3. The van der Waals surface area contributed by atoms with Gasteiger partial charge in [0.2, 0.25) is 11.8 Å². The van der Waals surface area contributed by atoms with Crippen molar-refractivity contribution in [2.24, 2.45) is 5.92 Å². The number of thiophene rings is 1. The number of anilines is 1. The van der Waals surface area contributed by atoms with E-state index in [4.69, 9.17) is 0 Å². The minimum Gasteiger partial charge on any atom is -0.317 e. The molecule has 1 heterocycles. The molecule has 1 saturated carbocycles. The van der Waals surface area contributed by atoms with Crippen LogP contribution in [-0.4, -0.2) is 17.7 Å². The van der Waals surface area contributed by atoms with E-state index in [0.717, 1.165) is 63.4 Å². The first kappa shape index (κ1) is 18.9. The first-order valence-electron chi connectivity index (χ1n) is 9.58. The Hall–Kier alpha value is -1.89. The fourth-order valence-electron chi connectivity index (χ4n) is 3.86. The highest BCUT2D eigenvalue weighted by atomic mass is 32.1. The van der Waals surface area contributed by atoms with Crippen molar-refractivity contribution < 1.29 is 14.4 Å². The number of aryl methyl sites for hydroxylation is 1. The zero-order valence-electron chi connectivity index (χ0n) is 15.3. The standard InChI is InChI=1S/C19H27N3O3S/c1-12(23)21-22-18(25)16-14-10-6-3-7-11-15(14)26-19(16)20-17(24)13-8-4-2-5-9-13/h13H,2-11H2,1H3,(H,20,24)(H,21,23)(H,22,25). The monoisotopic (exact) mass is 377 g/mol. The lowest BCUT2D eigenvalue weighted by molar-refractivity contribution is -0.121. The second kappa shape index (κ2) is 8.66.